The minimum Gasteiger partial charge on any atom is -0.386 e. The number of H-pyrrole nitrogens is 2. The number of methoxy groups -OCH3 is 1. The van der Waals surface area contributed by atoms with Crippen LogP contribution in [0.4, 0.5) is 5.95 Å². The molecule has 9 N–H and O–H groups in total. The van der Waals surface area contributed by atoms with Gasteiger partial charge in [0.25, 0.3) is 17.1 Å². The predicted molar refractivity (Wildman–Crippen MR) is 183 cm³/mol. The van der Waals surface area contributed by atoms with Crippen LogP contribution in [0.15, 0.2) is 22.2 Å². The molecule has 2 aliphatic rings. The SMILES string of the molecule is COC1[C@@H](COP(=O)(O)OP(=O)(O)OP(=O)(O)OC[C@H]2O[C@@H](n3cnc4c(=O)[nH]c(C)nc43)C(O)[C@H]2OC(C)C)O[C@@H]([n+]2cn(C)c3c(=O)[nH]c(N)nc32)[C@H]1O. The van der Waals surface area contributed by atoms with Gasteiger partial charge in [-0.15, -0.1) is 0 Å². The first-order valence-corrected chi connectivity index (χ1v) is 20.8. The van der Waals surface area contributed by atoms with Crippen LogP contribution in [0.25, 0.3) is 22.3 Å². The number of aryl methyl sites for hydroxylation is 2. The normalized spacial score (nSPS) is 28.9. The number of nitrogen functional groups attached to an aromatic ring is 1. The second-order valence-electron chi connectivity index (χ2n) is 12.9. The summed E-state index contributed by atoms with van der Waals surface area (Å²) in [4.78, 5) is 72.6. The first kappa shape index (κ1) is 42.3. The number of hydrogen-bond donors (Lipinski definition) is 8. The van der Waals surface area contributed by atoms with Gasteiger partial charge in [-0.3, -0.25) is 32.8 Å². The number of fused-ring (bicyclic) bond motifs is 2. The summed E-state index contributed by atoms with van der Waals surface area (Å²) in [5.41, 5.74) is 4.58. The summed E-state index contributed by atoms with van der Waals surface area (Å²) in [6, 6.07) is 0. The number of hydrogen-bond acceptors (Lipinski definition) is 19. The van der Waals surface area contributed by atoms with E-state index < -0.39 is 103 Å². The summed E-state index contributed by atoms with van der Waals surface area (Å²) in [6.07, 6.45) is -8.78. The Kier molecular flexibility index (Phi) is 11.9. The van der Waals surface area contributed by atoms with Crippen molar-refractivity contribution in [1.29, 1.82) is 0 Å². The lowest BCUT2D eigenvalue weighted by Crippen LogP contribution is -2.46. The minimum atomic E-state index is -5.96. The predicted octanol–water partition coefficient (Wildman–Crippen LogP) is -1.73. The molecule has 0 aliphatic carbocycles. The molecule has 2 aliphatic heterocycles. The molecule has 30 heteroatoms. The van der Waals surface area contributed by atoms with Gasteiger partial charge in [0, 0.05) is 7.11 Å². The fraction of sp³-hybridized carbons (Fsp3) is 0.615. The zero-order valence-electron chi connectivity index (χ0n) is 29.9. The van der Waals surface area contributed by atoms with Gasteiger partial charge in [-0.25, -0.2) is 28.2 Å². The Hall–Kier alpha value is -3.33. The molecule has 56 heavy (non-hydrogen) atoms. The largest absolute Gasteiger partial charge is 0.490 e. The van der Waals surface area contributed by atoms with Gasteiger partial charge in [0.15, 0.2) is 23.7 Å². The number of rotatable bonds is 15. The number of imidazole rings is 2. The van der Waals surface area contributed by atoms with E-state index in [2.05, 4.69) is 33.5 Å². The van der Waals surface area contributed by atoms with Crippen molar-refractivity contribution in [2.75, 3.05) is 26.1 Å². The van der Waals surface area contributed by atoms with Crippen LogP contribution in [0.3, 0.4) is 0 Å². The van der Waals surface area contributed by atoms with Crippen molar-refractivity contribution in [2.24, 2.45) is 7.05 Å². The number of aliphatic hydroxyl groups excluding tert-OH is 2. The number of anilines is 1. The van der Waals surface area contributed by atoms with Crippen LogP contribution in [0.1, 0.15) is 32.1 Å². The lowest BCUT2D eigenvalue weighted by molar-refractivity contribution is -0.745. The van der Waals surface area contributed by atoms with Gasteiger partial charge in [0.1, 0.15) is 42.4 Å². The van der Waals surface area contributed by atoms with E-state index in [1.165, 1.54) is 47.4 Å². The number of phosphoric acid groups is 3. The number of phosphoric ester groups is 2. The third-order valence-electron chi connectivity index (χ3n) is 8.43. The molecule has 0 bridgehead atoms. The lowest BCUT2D eigenvalue weighted by atomic mass is 10.1. The molecule has 2 fully saturated rings. The number of aromatic amines is 2. The maximum Gasteiger partial charge on any atom is 0.490 e. The van der Waals surface area contributed by atoms with E-state index in [1.807, 2.05) is 0 Å². The lowest BCUT2D eigenvalue weighted by Gasteiger charge is -2.24. The van der Waals surface area contributed by atoms with E-state index in [0.29, 0.717) is 0 Å². The second kappa shape index (κ2) is 15.8. The third kappa shape index (κ3) is 8.73. The summed E-state index contributed by atoms with van der Waals surface area (Å²) < 4.78 is 82.8. The van der Waals surface area contributed by atoms with E-state index in [1.54, 1.807) is 13.8 Å². The molecule has 6 rings (SSSR count). The summed E-state index contributed by atoms with van der Waals surface area (Å²) in [6.45, 7) is 2.92. The first-order valence-electron chi connectivity index (χ1n) is 16.3. The molecule has 6 heterocycles. The molecule has 0 spiro atoms. The van der Waals surface area contributed by atoms with Crippen molar-refractivity contribution in [3.05, 3.63) is 39.2 Å². The van der Waals surface area contributed by atoms with Crippen LogP contribution in [0.5, 0.6) is 0 Å². The van der Waals surface area contributed by atoms with Crippen molar-refractivity contribution in [3.63, 3.8) is 0 Å². The van der Waals surface area contributed by atoms with Crippen molar-refractivity contribution in [2.45, 2.75) is 76.0 Å². The van der Waals surface area contributed by atoms with Crippen LogP contribution in [-0.2, 0) is 57.4 Å². The average molecular weight is 859 g/mol. The Bertz CT molecular complexity index is 2370. The third-order valence-corrected chi connectivity index (χ3v) is 12.7. The van der Waals surface area contributed by atoms with Crippen LogP contribution in [0.2, 0.25) is 0 Å². The summed E-state index contributed by atoms with van der Waals surface area (Å²) >= 11 is 0. The van der Waals surface area contributed by atoms with Crippen molar-refractivity contribution >= 4 is 51.7 Å². The number of aliphatic hydroxyl groups is 2. The summed E-state index contributed by atoms with van der Waals surface area (Å²) in [5.74, 6) is -0.00246. The fourth-order valence-electron chi connectivity index (χ4n) is 6.28. The van der Waals surface area contributed by atoms with E-state index in [-0.39, 0.29) is 34.1 Å². The maximum atomic E-state index is 12.8. The zero-order valence-corrected chi connectivity index (χ0v) is 32.6. The summed E-state index contributed by atoms with van der Waals surface area (Å²) in [7, 11) is -14.5. The number of aromatic nitrogens is 8. The molecular weight excluding hydrogens is 819 g/mol. The van der Waals surface area contributed by atoms with Crippen LogP contribution in [0, 0.1) is 6.92 Å². The van der Waals surface area contributed by atoms with Crippen molar-refractivity contribution in [3.8, 4) is 0 Å². The Labute approximate surface area is 313 Å². The van der Waals surface area contributed by atoms with Gasteiger partial charge in [-0.05, 0) is 20.8 Å². The highest BCUT2D eigenvalue weighted by molar-refractivity contribution is 7.66. The molecule has 5 unspecified atom stereocenters. The van der Waals surface area contributed by atoms with E-state index in [0.717, 1.165) is 0 Å². The van der Waals surface area contributed by atoms with E-state index in [9.17, 15) is 48.2 Å². The highest BCUT2D eigenvalue weighted by atomic mass is 31.3. The van der Waals surface area contributed by atoms with E-state index in [4.69, 9.17) is 33.7 Å². The van der Waals surface area contributed by atoms with Crippen molar-refractivity contribution in [1.82, 2.24) is 34.1 Å². The highest BCUT2D eigenvalue weighted by Gasteiger charge is 2.51. The molecular formula is C26H39N9O18P3+. The quantitative estimate of drug-likeness (QED) is 0.0486. The maximum absolute atomic E-state index is 12.8. The van der Waals surface area contributed by atoms with E-state index >= 15 is 0 Å². The number of ether oxygens (including phenoxy) is 4. The molecule has 0 radical (unpaired) electrons. The van der Waals surface area contributed by atoms with Gasteiger partial charge < -0.3 is 54.6 Å². The Morgan fingerprint density at radius 3 is 2.18 bits per heavy atom. The van der Waals surface area contributed by atoms with Gasteiger partial charge >= 0.3 is 29.1 Å². The molecule has 4 aromatic heterocycles. The van der Waals surface area contributed by atoms with Gasteiger partial charge in [0.05, 0.1) is 32.7 Å². The van der Waals surface area contributed by atoms with Gasteiger partial charge in [-0.2, -0.15) is 8.62 Å². The fourth-order valence-corrected chi connectivity index (χ4v) is 9.80. The Morgan fingerprint density at radius 2 is 1.57 bits per heavy atom. The number of nitrogens with zero attached hydrogens (tertiary/aromatic N) is 6. The Morgan fingerprint density at radius 1 is 0.946 bits per heavy atom. The smallest absolute Gasteiger partial charge is 0.386 e. The molecule has 310 valence electrons. The van der Waals surface area contributed by atoms with Gasteiger partial charge in [-0.1, -0.05) is 4.98 Å². The summed E-state index contributed by atoms with van der Waals surface area (Å²) in [5, 5.41) is 22.1. The topological polar surface area (TPSA) is 370 Å². The Balaban J connectivity index is 1.09. The molecule has 0 amide bonds. The molecule has 2 saturated heterocycles. The molecule has 4 aromatic rings. The standard InChI is InChI=1S/C26H38N9O18P3/c1-10(2)49-19-13(51-24(17(19)37)34-8-28-14-20(34)29-11(3)30-22(14)38)7-48-55(42,43)53-56(44,45)52-54(40,41)47-6-12-18(46-5)16(36)25(50-12)35-9-33(4)15-21(35)31-26(27)32-23(15)39/h8-10,12-13,16-19,24-25,36-37H,6-7H2,1-5H3,(H6-,27,29,30,31,32,38,39,40,41,42,43,44,45)/p+1/t12-,13-,16+,17?,18?,19+,24-,25-/m1/s1. The van der Waals surface area contributed by atoms with Crippen LogP contribution >= 0.6 is 23.5 Å². The number of nitrogens with one attached hydrogen (secondary N) is 2. The monoisotopic (exact) mass is 858 g/mol. The second-order valence-corrected chi connectivity index (χ2v) is 17.5. The zero-order chi connectivity index (χ0) is 41.1. The molecule has 11 atom stereocenters. The average Bonchev–Trinajstić information content (AvgIpc) is 3.80. The molecule has 0 saturated carbocycles. The molecule has 0 aromatic carbocycles. The minimum absolute atomic E-state index is 0.00913. The van der Waals surface area contributed by atoms with Crippen LogP contribution in [-0.4, -0.2) is 122 Å². The van der Waals surface area contributed by atoms with Gasteiger partial charge in [0.2, 0.25) is 11.7 Å². The molecule has 27 nitrogen and oxygen atoms in total. The highest BCUT2D eigenvalue weighted by Crippen LogP contribution is 2.68. The first-order chi connectivity index (χ1) is 26.1. The number of nitrogens with two attached hydrogens (primary N) is 1. The van der Waals surface area contributed by atoms with Crippen LogP contribution < -0.4 is 21.4 Å². The van der Waals surface area contributed by atoms with Crippen molar-refractivity contribution < 1.29 is 79.8 Å².